The number of alkyl halides is 3. The Morgan fingerprint density at radius 1 is 1.10 bits per heavy atom. The lowest BCUT2D eigenvalue weighted by atomic mass is 9.82. The Hall–Kier alpha value is -2.27. The van der Waals surface area contributed by atoms with Crippen LogP contribution in [0.3, 0.4) is 0 Å². The lowest BCUT2D eigenvalue weighted by Crippen LogP contribution is -2.29. The lowest BCUT2D eigenvalue weighted by Gasteiger charge is -2.22. The van der Waals surface area contributed by atoms with Crippen molar-refractivity contribution < 1.29 is 22.7 Å². The predicted molar refractivity (Wildman–Crippen MR) is 108 cm³/mol. The van der Waals surface area contributed by atoms with Crippen molar-refractivity contribution in [3.8, 4) is 11.1 Å². The second-order valence-electron chi connectivity index (χ2n) is 7.86. The predicted octanol–water partition coefficient (Wildman–Crippen LogP) is 6.41. The van der Waals surface area contributed by atoms with Gasteiger partial charge in [0.2, 0.25) is 0 Å². The van der Waals surface area contributed by atoms with E-state index < -0.39 is 33.9 Å². The van der Waals surface area contributed by atoms with Gasteiger partial charge in [0, 0.05) is 5.92 Å². The van der Waals surface area contributed by atoms with Crippen LogP contribution in [0.1, 0.15) is 25.0 Å². The number of halogens is 4. The monoisotopic (exact) mass is 422 g/mol. The van der Waals surface area contributed by atoms with Gasteiger partial charge < -0.3 is 4.74 Å². The molecule has 0 aliphatic heterocycles. The number of allylic oxidation sites excluding steroid dienone is 2. The van der Waals surface area contributed by atoms with Crippen molar-refractivity contribution in [3.63, 3.8) is 0 Å². The number of esters is 1. The van der Waals surface area contributed by atoms with Gasteiger partial charge >= 0.3 is 12.1 Å². The highest BCUT2D eigenvalue weighted by molar-refractivity contribution is 6.30. The zero-order valence-electron chi connectivity index (χ0n) is 16.6. The van der Waals surface area contributed by atoms with Crippen LogP contribution in [0.2, 0.25) is 0 Å². The molecule has 0 aromatic heterocycles. The fourth-order valence-corrected chi connectivity index (χ4v) is 4.67. The molecule has 2 nitrogen and oxygen atoms in total. The van der Waals surface area contributed by atoms with Crippen molar-refractivity contribution in [2.75, 3.05) is 7.11 Å². The van der Waals surface area contributed by atoms with E-state index in [4.69, 9.17) is 16.3 Å². The molecular weight excluding hydrogens is 401 g/mol. The van der Waals surface area contributed by atoms with Gasteiger partial charge in [-0.1, -0.05) is 80.1 Å². The maximum absolute atomic E-state index is 13.1. The summed E-state index contributed by atoms with van der Waals surface area (Å²) >= 11 is 5.53. The number of carbonyl (C=O) groups excluding carboxylic acids is 1. The summed E-state index contributed by atoms with van der Waals surface area (Å²) in [5.41, 5.74) is 1.32. The summed E-state index contributed by atoms with van der Waals surface area (Å²) in [5.74, 6) is -1.31. The molecule has 1 fully saturated rings. The van der Waals surface area contributed by atoms with Crippen LogP contribution >= 0.6 is 11.6 Å². The molecule has 2 aromatic rings. The minimum atomic E-state index is -4.66. The fraction of sp³-hybridized carbons (Fsp3) is 0.348. The second kappa shape index (κ2) is 7.21. The van der Waals surface area contributed by atoms with Crippen LogP contribution in [0.15, 0.2) is 59.6 Å². The van der Waals surface area contributed by atoms with Gasteiger partial charge in [0.15, 0.2) is 0 Å². The first kappa shape index (κ1) is 21.4. The average Bonchev–Trinajstić information content (AvgIpc) is 3.16. The molecule has 1 saturated carbocycles. The molecule has 0 amide bonds. The van der Waals surface area contributed by atoms with Gasteiger partial charge in [0.1, 0.15) is 10.4 Å². The third kappa shape index (κ3) is 3.25. The Morgan fingerprint density at radius 3 is 2.28 bits per heavy atom. The molecular formula is C23H22ClF3O2. The smallest absolute Gasteiger partial charge is 0.426 e. The Balaban J connectivity index is 2.21. The SMILES string of the molecule is COC(=O)[C@@]1(c2cccc(-c3ccccc3)c2C)[C@@H](/C=C(\Cl)C(F)(F)F)C1(C)C. The number of carbonyl (C=O) groups is 1. The number of benzene rings is 2. The maximum atomic E-state index is 13.1. The lowest BCUT2D eigenvalue weighted by molar-refractivity contribution is -0.145. The molecule has 2 atom stereocenters. The quantitative estimate of drug-likeness (QED) is 0.532. The number of hydrogen-bond acceptors (Lipinski definition) is 2. The molecule has 154 valence electrons. The minimum Gasteiger partial charge on any atom is -0.468 e. The largest absolute Gasteiger partial charge is 0.468 e. The molecule has 0 radical (unpaired) electrons. The molecule has 0 saturated heterocycles. The first-order chi connectivity index (χ1) is 13.5. The van der Waals surface area contributed by atoms with E-state index in [0.29, 0.717) is 5.56 Å². The van der Waals surface area contributed by atoms with Crippen LogP contribution in [-0.4, -0.2) is 19.3 Å². The van der Waals surface area contributed by atoms with Gasteiger partial charge in [0.25, 0.3) is 0 Å². The van der Waals surface area contributed by atoms with Crippen molar-refractivity contribution >= 4 is 17.6 Å². The second-order valence-corrected chi connectivity index (χ2v) is 8.26. The molecule has 0 bridgehead atoms. The molecule has 3 rings (SSSR count). The van der Waals surface area contributed by atoms with E-state index in [9.17, 15) is 18.0 Å². The molecule has 6 heteroatoms. The Kier molecular flexibility index (Phi) is 5.33. The summed E-state index contributed by atoms with van der Waals surface area (Å²) in [6, 6.07) is 15.2. The van der Waals surface area contributed by atoms with Gasteiger partial charge in [-0.2, -0.15) is 13.2 Å². The van der Waals surface area contributed by atoms with Gasteiger partial charge in [-0.15, -0.1) is 0 Å². The van der Waals surface area contributed by atoms with E-state index in [1.807, 2.05) is 49.4 Å². The zero-order chi connectivity index (χ0) is 21.6. The van der Waals surface area contributed by atoms with E-state index in [-0.39, 0.29) is 0 Å². The van der Waals surface area contributed by atoms with E-state index in [0.717, 1.165) is 22.8 Å². The standard InChI is InChI=1S/C23H22ClF3O2/c1-14-16(15-9-6-5-7-10-15)11-8-12-17(14)22(20(28)29-4)18(21(22,2)3)13-19(24)23(25,26)27/h5-13,18H,1-4H3/b19-13-/t18-,22+/m0/s1. The van der Waals surface area contributed by atoms with Crippen molar-refractivity contribution in [3.05, 3.63) is 70.8 Å². The Labute approximate surface area is 173 Å². The van der Waals surface area contributed by atoms with Crippen molar-refractivity contribution in [2.45, 2.75) is 32.4 Å². The molecule has 0 spiro atoms. The summed E-state index contributed by atoms with van der Waals surface area (Å²) in [6.07, 6.45) is -3.71. The fourth-order valence-electron chi connectivity index (χ4n) is 4.55. The van der Waals surface area contributed by atoms with Gasteiger partial charge in [-0.3, -0.25) is 4.79 Å². The van der Waals surface area contributed by atoms with Crippen LogP contribution in [0.25, 0.3) is 11.1 Å². The Morgan fingerprint density at radius 2 is 1.72 bits per heavy atom. The molecule has 2 aromatic carbocycles. The first-order valence-electron chi connectivity index (χ1n) is 9.18. The summed E-state index contributed by atoms with van der Waals surface area (Å²) in [7, 11) is 1.25. The first-order valence-corrected chi connectivity index (χ1v) is 9.55. The summed E-state index contributed by atoms with van der Waals surface area (Å²) in [5, 5.41) is -1.22. The third-order valence-corrected chi connectivity index (χ3v) is 6.45. The molecule has 1 aliphatic rings. The van der Waals surface area contributed by atoms with Crippen molar-refractivity contribution in [2.24, 2.45) is 11.3 Å². The molecule has 0 unspecified atom stereocenters. The number of rotatable bonds is 4. The highest BCUT2D eigenvalue weighted by Gasteiger charge is 2.76. The molecule has 0 heterocycles. The van der Waals surface area contributed by atoms with Crippen LogP contribution < -0.4 is 0 Å². The van der Waals surface area contributed by atoms with Crippen LogP contribution in [0.4, 0.5) is 13.2 Å². The average molecular weight is 423 g/mol. The van der Waals surface area contributed by atoms with E-state index in [2.05, 4.69) is 0 Å². The zero-order valence-corrected chi connectivity index (χ0v) is 17.4. The normalized spacial score (nSPS) is 23.6. The topological polar surface area (TPSA) is 26.3 Å². The van der Waals surface area contributed by atoms with Crippen molar-refractivity contribution in [1.29, 1.82) is 0 Å². The minimum absolute atomic E-state index is 0.566. The van der Waals surface area contributed by atoms with Crippen molar-refractivity contribution in [1.82, 2.24) is 0 Å². The summed E-state index contributed by atoms with van der Waals surface area (Å²) < 4.78 is 44.3. The van der Waals surface area contributed by atoms with Gasteiger partial charge in [-0.05, 0) is 34.6 Å². The summed E-state index contributed by atoms with van der Waals surface area (Å²) in [4.78, 5) is 13.0. The molecule has 0 N–H and O–H groups in total. The Bertz CT molecular complexity index is 964. The number of hydrogen-bond donors (Lipinski definition) is 0. The number of ether oxygens (including phenoxy) is 1. The van der Waals surface area contributed by atoms with Crippen LogP contribution in [-0.2, 0) is 14.9 Å². The number of methoxy groups -OCH3 is 1. The molecule has 29 heavy (non-hydrogen) atoms. The molecule has 1 aliphatic carbocycles. The van der Waals surface area contributed by atoms with E-state index in [1.54, 1.807) is 19.9 Å². The van der Waals surface area contributed by atoms with Gasteiger partial charge in [-0.25, -0.2) is 0 Å². The maximum Gasteiger partial charge on any atom is 0.426 e. The third-order valence-electron chi connectivity index (χ3n) is 6.11. The van der Waals surface area contributed by atoms with Gasteiger partial charge in [0.05, 0.1) is 7.11 Å². The van der Waals surface area contributed by atoms with E-state index in [1.165, 1.54) is 7.11 Å². The highest BCUT2D eigenvalue weighted by Crippen LogP contribution is 2.71. The van der Waals surface area contributed by atoms with E-state index >= 15 is 0 Å². The van der Waals surface area contributed by atoms with Crippen LogP contribution in [0.5, 0.6) is 0 Å². The highest BCUT2D eigenvalue weighted by atomic mass is 35.5. The van der Waals surface area contributed by atoms with Crippen LogP contribution in [0, 0.1) is 18.3 Å². The summed E-state index contributed by atoms with van der Waals surface area (Å²) in [6.45, 7) is 5.41.